The van der Waals surface area contributed by atoms with E-state index in [1.165, 1.54) is 0 Å². The van der Waals surface area contributed by atoms with Crippen LogP contribution in [0.25, 0.3) is 0 Å². The first-order valence-electron chi connectivity index (χ1n) is 6.87. The fourth-order valence-electron chi connectivity index (χ4n) is 2.10. The summed E-state index contributed by atoms with van der Waals surface area (Å²) in [4.78, 5) is 0. The molecule has 0 atom stereocenters. The highest BCUT2D eigenvalue weighted by Gasteiger charge is 2.07. The van der Waals surface area contributed by atoms with Gasteiger partial charge >= 0.3 is 0 Å². The van der Waals surface area contributed by atoms with Crippen molar-refractivity contribution in [3.05, 3.63) is 47.5 Å². The molecule has 0 fully saturated rings. The van der Waals surface area contributed by atoms with Crippen molar-refractivity contribution in [2.45, 2.75) is 13.8 Å². The second kappa shape index (κ2) is 6.88. The lowest BCUT2D eigenvalue weighted by Crippen LogP contribution is -2.11. The molecule has 21 heavy (non-hydrogen) atoms. The van der Waals surface area contributed by atoms with E-state index in [2.05, 4.69) is 0 Å². The number of anilines is 1. The molecule has 0 heterocycles. The number of rotatable bonds is 6. The van der Waals surface area contributed by atoms with Gasteiger partial charge < -0.3 is 19.9 Å². The molecule has 0 spiro atoms. The standard InChI is InChI=1S/C17H21NO3/c1-12-8-9-14(18)13(2)17(12)21-11-10-20-16-7-5-4-6-15(16)19-3/h4-9H,10-11,18H2,1-3H3. The number of nitrogens with two attached hydrogens (primary N) is 1. The van der Waals surface area contributed by atoms with Crippen LogP contribution in [0.3, 0.4) is 0 Å². The Morgan fingerprint density at radius 3 is 2.29 bits per heavy atom. The SMILES string of the molecule is COc1ccccc1OCCOc1c(C)ccc(N)c1C. The van der Waals surface area contributed by atoms with Gasteiger partial charge in [0.25, 0.3) is 0 Å². The van der Waals surface area contributed by atoms with E-state index in [1.54, 1.807) is 7.11 Å². The van der Waals surface area contributed by atoms with Crippen LogP contribution >= 0.6 is 0 Å². The molecule has 2 N–H and O–H groups in total. The van der Waals surface area contributed by atoms with Gasteiger partial charge in [0.1, 0.15) is 19.0 Å². The molecule has 0 unspecified atom stereocenters. The molecule has 0 aromatic heterocycles. The fraction of sp³-hybridized carbons (Fsp3) is 0.294. The highest BCUT2D eigenvalue weighted by Crippen LogP contribution is 2.28. The van der Waals surface area contributed by atoms with Crippen LogP contribution in [0.15, 0.2) is 36.4 Å². The minimum Gasteiger partial charge on any atom is -0.493 e. The number of ether oxygens (including phenoxy) is 3. The first-order chi connectivity index (χ1) is 10.1. The van der Waals surface area contributed by atoms with Gasteiger partial charge in [0.15, 0.2) is 11.5 Å². The number of hydrogen-bond acceptors (Lipinski definition) is 4. The van der Waals surface area contributed by atoms with E-state index in [9.17, 15) is 0 Å². The van der Waals surface area contributed by atoms with Gasteiger partial charge in [-0.1, -0.05) is 18.2 Å². The average molecular weight is 287 g/mol. The fourth-order valence-corrected chi connectivity index (χ4v) is 2.10. The third kappa shape index (κ3) is 3.60. The van der Waals surface area contributed by atoms with Crippen LogP contribution in [0.1, 0.15) is 11.1 Å². The molecule has 112 valence electrons. The van der Waals surface area contributed by atoms with Gasteiger partial charge in [0, 0.05) is 11.3 Å². The lowest BCUT2D eigenvalue weighted by Gasteiger charge is -2.15. The maximum atomic E-state index is 5.89. The first-order valence-corrected chi connectivity index (χ1v) is 6.87. The van der Waals surface area contributed by atoms with Crippen LogP contribution in [-0.2, 0) is 0 Å². The van der Waals surface area contributed by atoms with E-state index in [4.69, 9.17) is 19.9 Å². The third-order valence-corrected chi connectivity index (χ3v) is 3.30. The molecule has 0 saturated heterocycles. The summed E-state index contributed by atoms with van der Waals surface area (Å²) < 4.78 is 16.7. The zero-order chi connectivity index (χ0) is 15.2. The molecule has 2 aromatic rings. The Hall–Kier alpha value is -2.36. The van der Waals surface area contributed by atoms with Gasteiger partial charge in [-0.2, -0.15) is 0 Å². The number of aryl methyl sites for hydroxylation is 1. The smallest absolute Gasteiger partial charge is 0.161 e. The highest BCUT2D eigenvalue weighted by molar-refractivity contribution is 5.56. The first kappa shape index (κ1) is 15.0. The summed E-state index contributed by atoms with van der Waals surface area (Å²) in [5, 5.41) is 0. The van der Waals surface area contributed by atoms with Crippen LogP contribution in [0.4, 0.5) is 5.69 Å². The number of nitrogen functional groups attached to an aromatic ring is 1. The molecule has 0 radical (unpaired) electrons. The Morgan fingerprint density at radius 1 is 0.905 bits per heavy atom. The molecule has 0 amide bonds. The van der Waals surface area contributed by atoms with E-state index in [0.717, 1.165) is 22.6 Å². The molecule has 0 aliphatic carbocycles. The van der Waals surface area contributed by atoms with Gasteiger partial charge in [0.2, 0.25) is 0 Å². The average Bonchev–Trinajstić information content (AvgIpc) is 2.50. The van der Waals surface area contributed by atoms with Gasteiger partial charge in [0.05, 0.1) is 7.11 Å². The summed E-state index contributed by atoms with van der Waals surface area (Å²) in [6.45, 7) is 4.85. The van der Waals surface area contributed by atoms with E-state index < -0.39 is 0 Å². The Balaban J connectivity index is 1.92. The van der Waals surface area contributed by atoms with Crippen LogP contribution in [0.5, 0.6) is 17.2 Å². The number of benzene rings is 2. The molecule has 4 nitrogen and oxygen atoms in total. The number of hydrogen-bond donors (Lipinski definition) is 1. The topological polar surface area (TPSA) is 53.7 Å². The second-order valence-corrected chi connectivity index (χ2v) is 4.77. The predicted octanol–water partition coefficient (Wildman–Crippen LogP) is 3.35. The Morgan fingerprint density at radius 2 is 1.57 bits per heavy atom. The lowest BCUT2D eigenvalue weighted by molar-refractivity contribution is 0.210. The maximum absolute atomic E-state index is 5.89. The van der Waals surface area contributed by atoms with Gasteiger partial charge in [-0.25, -0.2) is 0 Å². The molecule has 4 heteroatoms. The zero-order valence-electron chi connectivity index (χ0n) is 12.7. The van der Waals surface area contributed by atoms with Crippen molar-refractivity contribution in [2.75, 3.05) is 26.1 Å². The van der Waals surface area contributed by atoms with Crippen molar-refractivity contribution < 1.29 is 14.2 Å². The van der Waals surface area contributed by atoms with Crippen molar-refractivity contribution in [2.24, 2.45) is 0 Å². The quantitative estimate of drug-likeness (QED) is 0.654. The molecule has 0 aliphatic heterocycles. The molecule has 2 aromatic carbocycles. The minimum absolute atomic E-state index is 0.439. The summed E-state index contributed by atoms with van der Waals surface area (Å²) >= 11 is 0. The largest absolute Gasteiger partial charge is 0.493 e. The lowest BCUT2D eigenvalue weighted by atomic mass is 10.1. The summed E-state index contributed by atoms with van der Waals surface area (Å²) in [5.74, 6) is 2.26. The van der Waals surface area contributed by atoms with Crippen molar-refractivity contribution in [1.29, 1.82) is 0 Å². The minimum atomic E-state index is 0.439. The van der Waals surface area contributed by atoms with Crippen molar-refractivity contribution in [3.8, 4) is 17.2 Å². The predicted molar refractivity (Wildman–Crippen MR) is 84.3 cm³/mol. The van der Waals surface area contributed by atoms with Crippen molar-refractivity contribution in [1.82, 2.24) is 0 Å². The van der Waals surface area contributed by atoms with Crippen LogP contribution in [0.2, 0.25) is 0 Å². The normalized spacial score (nSPS) is 10.2. The Kier molecular flexibility index (Phi) is 4.93. The van der Waals surface area contributed by atoms with Gasteiger partial charge in [-0.3, -0.25) is 0 Å². The Labute approximate surface area is 125 Å². The summed E-state index contributed by atoms with van der Waals surface area (Å²) in [5.41, 5.74) is 8.67. The maximum Gasteiger partial charge on any atom is 0.161 e. The van der Waals surface area contributed by atoms with E-state index in [1.807, 2.05) is 50.2 Å². The van der Waals surface area contributed by atoms with Crippen LogP contribution < -0.4 is 19.9 Å². The third-order valence-electron chi connectivity index (χ3n) is 3.30. The monoisotopic (exact) mass is 287 g/mol. The van der Waals surface area contributed by atoms with Crippen LogP contribution in [-0.4, -0.2) is 20.3 Å². The molecule has 0 bridgehead atoms. The van der Waals surface area contributed by atoms with Crippen LogP contribution in [0, 0.1) is 13.8 Å². The zero-order valence-corrected chi connectivity index (χ0v) is 12.7. The van der Waals surface area contributed by atoms with Crippen molar-refractivity contribution in [3.63, 3.8) is 0 Å². The number of methoxy groups -OCH3 is 1. The molecular formula is C17H21NO3. The summed E-state index contributed by atoms with van der Waals surface area (Å²) in [6, 6.07) is 11.4. The van der Waals surface area contributed by atoms with Gasteiger partial charge in [-0.15, -0.1) is 0 Å². The summed E-state index contributed by atoms with van der Waals surface area (Å²) in [6.07, 6.45) is 0. The van der Waals surface area contributed by atoms with Gasteiger partial charge in [-0.05, 0) is 37.6 Å². The molecule has 2 rings (SSSR count). The number of para-hydroxylation sites is 2. The van der Waals surface area contributed by atoms with Crippen molar-refractivity contribution >= 4 is 5.69 Å². The second-order valence-electron chi connectivity index (χ2n) is 4.77. The van der Waals surface area contributed by atoms with E-state index in [0.29, 0.717) is 24.7 Å². The van der Waals surface area contributed by atoms with E-state index in [-0.39, 0.29) is 0 Å². The molecule has 0 aliphatic rings. The Bertz CT molecular complexity index is 611. The molecular weight excluding hydrogens is 266 g/mol. The van der Waals surface area contributed by atoms with E-state index >= 15 is 0 Å². The molecule has 0 saturated carbocycles. The highest BCUT2D eigenvalue weighted by atomic mass is 16.5. The summed E-state index contributed by atoms with van der Waals surface area (Å²) in [7, 11) is 1.62.